The van der Waals surface area contributed by atoms with E-state index in [0.717, 1.165) is 30.0 Å². The standard InChI is InChI=1S/C18H20N4O4/c23-14-5-4-13(16(24)21-14)22-17(25)12-3-1-2-10(15(12)18(22)26)8-20-11-6-7-19-9-11/h1-3,11,13,19-20H,4-9H2,(H,21,23,24). The van der Waals surface area contributed by atoms with Gasteiger partial charge in [-0.25, -0.2) is 0 Å². The van der Waals surface area contributed by atoms with Crippen LogP contribution in [0.15, 0.2) is 18.2 Å². The first-order valence-corrected chi connectivity index (χ1v) is 8.84. The van der Waals surface area contributed by atoms with Gasteiger partial charge < -0.3 is 10.6 Å². The van der Waals surface area contributed by atoms with Crippen LogP contribution >= 0.6 is 0 Å². The summed E-state index contributed by atoms with van der Waals surface area (Å²) < 4.78 is 0. The van der Waals surface area contributed by atoms with Crippen molar-refractivity contribution < 1.29 is 19.2 Å². The lowest BCUT2D eigenvalue weighted by Gasteiger charge is -2.27. The Morgan fingerprint density at radius 2 is 1.96 bits per heavy atom. The number of nitrogens with one attached hydrogen (secondary N) is 3. The molecule has 0 bridgehead atoms. The predicted octanol–water partition coefficient (Wildman–Crippen LogP) is -0.461. The average Bonchev–Trinajstić information content (AvgIpc) is 3.22. The molecular formula is C18H20N4O4. The molecule has 0 aromatic heterocycles. The zero-order chi connectivity index (χ0) is 18.3. The van der Waals surface area contributed by atoms with Crippen molar-refractivity contribution in [1.82, 2.24) is 20.9 Å². The Bertz CT molecular complexity index is 800. The molecule has 0 saturated carbocycles. The third-order valence-corrected chi connectivity index (χ3v) is 5.20. The molecule has 2 atom stereocenters. The molecule has 8 heteroatoms. The van der Waals surface area contributed by atoms with E-state index >= 15 is 0 Å². The summed E-state index contributed by atoms with van der Waals surface area (Å²) in [5.41, 5.74) is 1.44. The lowest BCUT2D eigenvalue weighted by molar-refractivity contribution is -0.136. The molecule has 3 heterocycles. The molecule has 4 amide bonds. The summed E-state index contributed by atoms with van der Waals surface area (Å²) >= 11 is 0. The number of benzene rings is 1. The van der Waals surface area contributed by atoms with Crippen molar-refractivity contribution in [2.75, 3.05) is 13.1 Å². The monoisotopic (exact) mass is 356 g/mol. The normalized spacial score (nSPS) is 25.6. The van der Waals surface area contributed by atoms with E-state index in [9.17, 15) is 19.2 Å². The van der Waals surface area contributed by atoms with Gasteiger partial charge in [-0.15, -0.1) is 0 Å². The molecule has 0 aliphatic carbocycles. The quantitative estimate of drug-likeness (QED) is 0.630. The SMILES string of the molecule is O=C1CCC(N2C(=O)c3cccc(CNC4CCNC4)c3C2=O)C(=O)N1. The number of nitrogens with zero attached hydrogens (tertiary/aromatic N) is 1. The maximum atomic E-state index is 13.0. The lowest BCUT2D eigenvalue weighted by Crippen LogP contribution is -2.54. The second-order valence-electron chi connectivity index (χ2n) is 6.86. The van der Waals surface area contributed by atoms with Gasteiger partial charge in [0.25, 0.3) is 11.8 Å². The van der Waals surface area contributed by atoms with Crippen LogP contribution in [0.3, 0.4) is 0 Å². The van der Waals surface area contributed by atoms with Gasteiger partial charge in [0.2, 0.25) is 11.8 Å². The summed E-state index contributed by atoms with van der Waals surface area (Å²) in [6, 6.07) is 4.60. The molecule has 1 aromatic rings. The van der Waals surface area contributed by atoms with E-state index in [-0.39, 0.29) is 18.7 Å². The molecule has 136 valence electrons. The molecule has 0 spiro atoms. The molecule has 4 rings (SSSR count). The highest BCUT2D eigenvalue weighted by atomic mass is 16.2. The van der Waals surface area contributed by atoms with Crippen molar-refractivity contribution in [3.8, 4) is 0 Å². The van der Waals surface area contributed by atoms with Crippen molar-refractivity contribution in [2.24, 2.45) is 0 Å². The van der Waals surface area contributed by atoms with E-state index in [1.165, 1.54) is 0 Å². The number of amides is 4. The molecule has 3 aliphatic heterocycles. The van der Waals surface area contributed by atoms with Gasteiger partial charge >= 0.3 is 0 Å². The molecule has 3 aliphatic rings. The number of hydrogen-bond acceptors (Lipinski definition) is 6. The van der Waals surface area contributed by atoms with Crippen LogP contribution in [0, 0.1) is 0 Å². The lowest BCUT2D eigenvalue weighted by atomic mass is 10.0. The van der Waals surface area contributed by atoms with Gasteiger partial charge in [-0.3, -0.25) is 29.4 Å². The molecule has 3 N–H and O–H groups in total. The summed E-state index contributed by atoms with van der Waals surface area (Å²) in [6.07, 6.45) is 1.30. The third kappa shape index (κ3) is 2.81. The third-order valence-electron chi connectivity index (χ3n) is 5.20. The highest BCUT2D eigenvalue weighted by Crippen LogP contribution is 2.30. The van der Waals surface area contributed by atoms with Crippen LogP contribution in [-0.4, -0.2) is 53.7 Å². The van der Waals surface area contributed by atoms with Crippen molar-refractivity contribution in [3.63, 3.8) is 0 Å². The second kappa shape index (κ2) is 6.62. The molecular weight excluding hydrogens is 336 g/mol. The first-order valence-electron chi connectivity index (χ1n) is 8.84. The Morgan fingerprint density at radius 1 is 1.12 bits per heavy atom. The Labute approximate surface area is 150 Å². The van der Waals surface area contributed by atoms with E-state index < -0.39 is 23.8 Å². The van der Waals surface area contributed by atoms with Gasteiger partial charge in [0, 0.05) is 25.6 Å². The molecule has 2 fully saturated rings. The van der Waals surface area contributed by atoms with E-state index in [2.05, 4.69) is 16.0 Å². The van der Waals surface area contributed by atoms with Crippen molar-refractivity contribution in [1.29, 1.82) is 0 Å². The number of carbonyl (C=O) groups excluding carboxylic acids is 4. The maximum absolute atomic E-state index is 13.0. The Hall–Kier alpha value is -2.58. The summed E-state index contributed by atoms with van der Waals surface area (Å²) in [4.78, 5) is 50.2. The van der Waals surface area contributed by atoms with Crippen LogP contribution in [0.1, 0.15) is 45.5 Å². The van der Waals surface area contributed by atoms with Crippen LogP contribution in [0.4, 0.5) is 0 Å². The van der Waals surface area contributed by atoms with Crippen molar-refractivity contribution >= 4 is 23.6 Å². The van der Waals surface area contributed by atoms with Gasteiger partial charge in [0.05, 0.1) is 11.1 Å². The van der Waals surface area contributed by atoms with Gasteiger partial charge in [0.1, 0.15) is 6.04 Å². The summed E-state index contributed by atoms with van der Waals surface area (Å²) in [5.74, 6) is -1.89. The summed E-state index contributed by atoms with van der Waals surface area (Å²) in [7, 11) is 0. The van der Waals surface area contributed by atoms with E-state index in [1.54, 1.807) is 12.1 Å². The molecule has 2 unspecified atom stereocenters. The largest absolute Gasteiger partial charge is 0.315 e. The molecule has 1 aromatic carbocycles. The molecule has 26 heavy (non-hydrogen) atoms. The number of imide groups is 2. The van der Waals surface area contributed by atoms with Gasteiger partial charge in [0.15, 0.2) is 0 Å². The molecule has 2 saturated heterocycles. The average molecular weight is 356 g/mol. The second-order valence-corrected chi connectivity index (χ2v) is 6.86. The number of hydrogen-bond donors (Lipinski definition) is 3. The predicted molar refractivity (Wildman–Crippen MR) is 91.2 cm³/mol. The van der Waals surface area contributed by atoms with Gasteiger partial charge in [-0.1, -0.05) is 12.1 Å². The first-order chi connectivity index (χ1) is 12.6. The summed E-state index contributed by atoms with van der Waals surface area (Å²) in [6.45, 7) is 2.33. The highest BCUT2D eigenvalue weighted by molar-refractivity contribution is 6.24. The van der Waals surface area contributed by atoms with Crippen LogP contribution in [-0.2, 0) is 16.1 Å². The zero-order valence-corrected chi connectivity index (χ0v) is 14.2. The van der Waals surface area contributed by atoms with Crippen LogP contribution < -0.4 is 16.0 Å². The number of carbonyl (C=O) groups is 4. The fraction of sp³-hybridized carbons (Fsp3) is 0.444. The number of fused-ring (bicyclic) bond motifs is 1. The number of rotatable bonds is 4. The van der Waals surface area contributed by atoms with Gasteiger partial charge in [-0.2, -0.15) is 0 Å². The Morgan fingerprint density at radius 3 is 2.69 bits per heavy atom. The van der Waals surface area contributed by atoms with Gasteiger partial charge in [-0.05, 0) is 31.0 Å². The van der Waals surface area contributed by atoms with Crippen molar-refractivity contribution in [2.45, 2.75) is 37.9 Å². The minimum atomic E-state index is -0.931. The van der Waals surface area contributed by atoms with Crippen LogP contribution in [0.25, 0.3) is 0 Å². The van der Waals surface area contributed by atoms with Crippen LogP contribution in [0.2, 0.25) is 0 Å². The maximum Gasteiger partial charge on any atom is 0.262 e. The Balaban J connectivity index is 1.58. The minimum absolute atomic E-state index is 0.118. The summed E-state index contributed by atoms with van der Waals surface area (Å²) in [5, 5.41) is 8.88. The first kappa shape index (κ1) is 16.9. The van der Waals surface area contributed by atoms with Crippen molar-refractivity contribution in [3.05, 3.63) is 34.9 Å². The fourth-order valence-corrected chi connectivity index (χ4v) is 3.82. The topological polar surface area (TPSA) is 108 Å². The smallest absolute Gasteiger partial charge is 0.262 e. The van der Waals surface area contributed by atoms with E-state index in [0.29, 0.717) is 23.7 Å². The number of piperidine rings is 1. The minimum Gasteiger partial charge on any atom is -0.315 e. The van der Waals surface area contributed by atoms with Crippen LogP contribution in [0.5, 0.6) is 0 Å². The fourth-order valence-electron chi connectivity index (χ4n) is 3.82. The van der Waals surface area contributed by atoms with E-state index in [4.69, 9.17) is 0 Å². The zero-order valence-electron chi connectivity index (χ0n) is 14.2. The molecule has 0 radical (unpaired) electrons. The Kier molecular flexibility index (Phi) is 4.29. The highest BCUT2D eigenvalue weighted by Gasteiger charge is 2.45. The molecule has 8 nitrogen and oxygen atoms in total. The van der Waals surface area contributed by atoms with E-state index in [1.807, 2.05) is 6.07 Å².